The molecule has 12 nitrogen and oxygen atoms in total. The van der Waals surface area contributed by atoms with Crippen LogP contribution >= 0.6 is 0 Å². The van der Waals surface area contributed by atoms with E-state index >= 15 is 0 Å². The lowest BCUT2D eigenvalue weighted by Crippen LogP contribution is -2.61. The standard InChI is InChI=1S/C12H22O12/c13-1-3(15)10(7(18)8(19)11(21)22)24-12-9(20)6(17)5(16)4(2-14)23-12/h3-10,12-20H,1-2H2,(H,21,22)/t3-,4-,5-,6+,7-,8+,9-,10-,12+/m1/s1. The summed E-state index contributed by atoms with van der Waals surface area (Å²) in [6, 6.07) is 0. The van der Waals surface area contributed by atoms with Crippen molar-refractivity contribution in [1.29, 1.82) is 0 Å². The fourth-order valence-corrected chi connectivity index (χ4v) is 2.16. The van der Waals surface area contributed by atoms with Crippen molar-refractivity contribution in [2.75, 3.05) is 13.2 Å². The molecule has 9 atom stereocenters. The second-order valence-electron chi connectivity index (χ2n) is 5.32. The highest BCUT2D eigenvalue weighted by molar-refractivity contribution is 5.72. The van der Waals surface area contributed by atoms with Gasteiger partial charge in [-0.3, -0.25) is 0 Å². The molecule has 1 fully saturated rings. The molecule has 0 aromatic heterocycles. The van der Waals surface area contributed by atoms with Crippen LogP contribution in [0, 0.1) is 0 Å². The Morgan fingerprint density at radius 1 is 1.04 bits per heavy atom. The van der Waals surface area contributed by atoms with Crippen LogP contribution in [0.15, 0.2) is 0 Å². The van der Waals surface area contributed by atoms with Gasteiger partial charge in [0.05, 0.1) is 13.2 Å². The molecule has 0 aliphatic carbocycles. The number of rotatable bonds is 8. The summed E-state index contributed by atoms with van der Waals surface area (Å²) in [6.45, 7) is -1.76. The number of aliphatic hydroxyl groups excluding tert-OH is 8. The van der Waals surface area contributed by atoms with Crippen molar-refractivity contribution in [1.82, 2.24) is 0 Å². The molecule has 0 spiro atoms. The van der Waals surface area contributed by atoms with Crippen LogP contribution in [0.3, 0.4) is 0 Å². The maximum Gasteiger partial charge on any atom is 0.335 e. The molecule has 142 valence electrons. The predicted octanol–water partition coefficient (Wildman–Crippen LogP) is -5.67. The summed E-state index contributed by atoms with van der Waals surface area (Å²) in [6.07, 6.45) is -16.9. The Morgan fingerprint density at radius 3 is 2.08 bits per heavy atom. The summed E-state index contributed by atoms with van der Waals surface area (Å²) in [5.41, 5.74) is 0. The molecular formula is C12H22O12. The van der Waals surface area contributed by atoms with Crippen LogP contribution in [-0.2, 0) is 14.3 Å². The van der Waals surface area contributed by atoms with Crippen LogP contribution in [0.4, 0.5) is 0 Å². The minimum atomic E-state index is -2.39. The minimum Gasteiger partial charge on any atom is -0.479 e. The van der Waals surface area contributed by atoms with Crippen LogP contribution in [-0.4, -0.2) is 120 Å². The molecule has 9 N–H and O–H groups in total. The van der Waals surface area contributed by atoms with Gasteiger partial charge in [-0.25, -0.2) is 4.79 Å². The maximum atomic E-state index is 10.7. The largest absolute Gasteiger partial charge is 0.479 e. The average molecular weight is 358 g/mol. The first-order valence-electron chi connectivity index (χ1n) is 6.99. The molecule has 0 saturated carbocycles. The van der Waals surface area contributed by atoms with Gasteiger partial charge in [0, 0.05) is 0 Å². The van der Waals surface area contributed by atoms with E-state index in [0.29, 0.717) is 0 Å². The van der Waals surface area contributed by atoms with Crippen LogP contribution < -0.4 is 0 Å². The molecule has 1 aliphatic rings. The highest BCUT2D eigenvalue weighted by Crippen LogP contribution is 2.24. The highest BCUT2D eigenvalue weighted by atomic mass is 16.7. The first kappa shape index (κ1) is 21.1. The Bertz CT molecular complexity index is 403. The monoisotopic (exact) mass is 358 g/mol. The summed E-state index contributed by atoms with van der Waals surface area (Å²) in [5.74, 6) is -1.84. The summed E-state index contributed by atoms with van der Waals surface area (Å²) in [7, 11) is 0. The highest BCUT2D eigenvalue weighted by Gasteiger charge is 2.47. The second-order valence-corrected chi connectivity index (χ2v) is 5.32. The first-order valence-corrected chi connectivity index (χ1v) is 6.99. The van der Waals surface area contributed by atoms with Gasteiger partial charge in [0.2, 0.25) is 0 Å². The zero-order valence-corrected chi connectivity index (χ0v) is 12.4. The molecule has 12 heteroatoms. The molecule has 1 aliphatic heterocycles. The van der Waals surface area contributed by atoms with Gasteiger partial charge in [-0.1, -0.05) is 0 Å². The van der Waals surface area contributed by atoms with E-state index in [1.807, 2.05) is 0 Å². The summed E-state index contributed by atoms with van der Waals surface area (Å²) in [4.78, 5) is 10.7. The van der Waals surface area contributed by atoms with E-state index in [4.69, 9.17) is 24.8 Å². The molecule has 1 rings (SSSR count). The van der Waals surface area contributed by atoms with Crippen molar-refractivity contribution in [2.45, 2.75) is 55.1 Å². The van der Waals surface area contributed by atoms with Gasteiger partial charge in [0.25, 0.3) is 0 Å². The lowest BCUT2D eigenvalue weighted by molar-refractivity contribution is -0.326. The number of aliphatic hydroxyl groups is 8. The van der Waals surface area contributed by atoms with Crippen LogP contribution in [0.5, 0.6) is 0 Å². The molecule has 1 saturated heterocycles. The first-order chi connectivity index (χ1) is 11.1. The number of ether oxygens (including phenoxy) is 2. The van der Waals surface area contributed by atoms with E-state index < -0.39 is 74.3 Å². The number of carboxylic acid groups (broad SMARTS) is 1. The fourth-order valence-electron chi connectivity index (χ4n) is 2.16. The second kappa shape index (κ2) is 8.96. The minimum absolute atomic E-state index is 0.766. The van der Waals surface area contributed by atoms with Gasteiger partial charge in [-0.05, 0) is 0 Å². The third-order valence-electron chi connectivity index (χ3n) is 3.62. The van der Waals surface area contributed by atoms with Gasteiger partial charge < -0.3 is 55.4 Å². The number of carboxylic acids is 1. The van der Waals surface area contributed by atoms with Gasteiger partial charge >= 0.3 is 5.97 Å². The average Bonchev–Trinajstić information content (AvgIpc) is 2.57. The number of carbonyl (C=O) groups is 1. The molecular weight excluding hydrogens is 336 g/mol. The van der Waals surface area contributed by atoms with Crippen molar-refractivity contribution >= 4 is 5.97 Å². The molecule has 0 unspecified atom stereocenters. The number of hydrogen-bond donors (Lipinski definition) is 9. The van der Waals surface area contributed by atoms with Crippen molar-refractivity contribution in [3.05, 3.63) is 0 Å². The van der Waals surface area contributed by atoms with E-state index in [2.05, 4.69) is 0 Å². The van der Waals surface area contributed by atoms with E-state index in [9.17, 15) is 35.4 Å². The third-order valence-corrected chi connectivity index (χ3v) is 3.62. The number of aliphatic carboxylic acids is 1. The summed E-state index contributed by atoms with van der Waals surface area (Å²) < 4.78 is 9.98. The summed E-state index contributed by atoms with van der Waals surface area (Å²) >= 11 is 0. The van der Waals surface area contributed by atoms with Crippen molar-refractivity contribution in [2.24, 2.45) is 0 Å². The molecule has 1 heterocycles. The van der Waals surface area contributed by atoms with Crippen molar-refractivity contribution < 1.29 is 60.2 Å². The summed E-state index contributed by atoms with van der Waals surface area (Å²) in [5, 5.41) is 84.5. The lowest BCUT2D eigenvalue weighted by atomic mass is 9.98. The Morgan fingerprint density at radius 2 is 1.62 bits per heavy atom. The van der Waals surface area contributed by atoms with Crippen LogP contribution in [0.1, 0.15) is 0 Å². The van der Waals surface area contributed by atoms with Crippen LogP contribution in [0.25, 0.3) is 0 Å². The molecule has 24 heavy (non-hydrogen) atoms. The topological polar surface area (TPSA) is 218 Å². The molecule has 0 aromatic carbocycles. The molecule has 0 bridgehead atoms. The fraction of sp³-hybridized carbons (Fsp3) is 0.917. The van der Waals surface area contributed by atoms with Crippen molar-refractivity contribution in [3.63, 3.8) is 0 Å². The van der Waals surface area contributed by atoms with E-state index in [1.54, 1.807) is 0 Å². The smallest absolute Gasteiger partial charge is 0.335 e. The molecule has 0 aromatic rings. The van der Waals surface area contributed by atoms with Gasteiger partial charge in [-0.15, -0.1) is 0 Å². The Kier molecular flexibility index (Phi) is 7.88. The maximum absolute atomic E-state index is 10.7. The quantitative estimate of drug-likeness (QED) is 0.198. The SMILES string of the molecule is O=C(O)[C@@H](O)[C@@H](O)[C@H](O[C@@H]1O[C@H](CO)[C@@H](O)[C@H](O)[C@H]1O)[C@H](O)CO. The van der Waals surface area contributed by atoms with E-state index in [1.165, 1.54) is 0 Å². The van der Waals surface area contributed by atoms with Gasteiger partial charge in [-0.2, -0.15) is 0 Å². The van der Waals surface area contributed by atoms with E-state index in [0.717, 1.165) is 0 Å². The third kappa shape index (κ3) is 4.58. The molecule has 0 amide bonds. The predicted molar refractivity (Wildman–Crippen MR) is 71.4 cm³/mol. The normalized spacial score (nSPS) is 35.9. The number of hydrogen-bond acceptors (Lipinski definition) is 11. The van der Waals surface area contributed by atoms with Crippen LogP contribution in [0.2, 0.25) is 0 Å². The van der Waals surface area contributed by atoms with Gasteiger partial charge in [0.1, 0.15) is 42.7 Å². The molecule has 0 radical (unpaired) electrons. The van der Waals surface area contributed by atoms with Crippen molar-refractivity contribution in [3.8, 4) is 0 Å². The zero-order valence-electron chi connectivity index (χ0n) is 12.4. The Hall–Kier alpha value is -0.930. The zero-order chi connectivity index (χ0) is 18.6. The van der Waals surface area contributed by atoms with E-state index in [-0.39, 0.29) is 0 Å². The Balaban J connectivity index is 2.94. The van der Waals surface area contributed by atoms with Gasteiger partial charge in [0.15, 0.2) is 12.4 Å². The lowest BCUT2D eigenvalue weighted by Gasteiger charge is -2.42. The Labute approximate surface area is 135 Å².